The molecule has 1 saturated carbocycles. The monoisotopic (exact) mass is 334 g/mol. The van der Waals surface area contributed by atoms with Crippen molar-refractivity contribution in [3.05, 3.63) is 42.6 Å². The van der Waals surface area contributed by atoms with Crippen LogP contribution in [0.25, 0.3) is 0 Å². The molecule has 6 nitrogen and oxygen atoms in total. The van der Waals surface area contributed by atoms with Gasteiger partial charge in [0.05, 0.1) is 14.2 Å². The number of benzene rings is 1. The first kappa shape index (κ1) is 15.6. The second kappa shape index (κ2) is 6.08. The smallest absolute Gasteiger partial charge is 0.269 e. The fourth-order valence-electron chi connectivity index (χ4n) is 2.39. The van der Waals surface area contributed by atoms with Crippen LogP contribution in [0.2, 0.25) is 0 Å². The Kier molecular flexibility index (Phi) is 4.12. The SMILES string of the molecule is COc1ccc(S(=O)(=O)N(c2ccccn2)C2CC2)c(OC)c1. The lowest BCUT2D eigenvalue weighted by Gasteiger charge is -2.24. The normalized spacial score (nSPS) is 14.3. The fourth-order valence-corrected chi connectivity index (χ4v) is 4.20. The third-order valence-electron chi connectivity index (χ3n) is 3.66. The molecule has 0 radical (unpaired) electrons. The van der Waals surface area contributed by atoms with Gasteiger partial charge in [0.25, 0.3) is 10.0 Å². The van der Waals surface area contributed by atoms with Crippen LogP contribution in [0, 0.1) is 0 Å². The minimum Gasteiger partial charge on any atom is -0.497 e. The van der Waals surface area contributed by atoms with Gasteiger partial charge in [-0.15, -0.1) is 0 Å². The molecule has 7 heteroatoms. The van der Waals surface area contributed by atoms with Gasteiger partial charge in [-0.3, -0.25) is 0 Å². The largest absolute Gasteiger partial charge is 0.497 e. The van der Waals surface area contributed by atoms with E-state index < -0.39 is 10.0 Å². The molecule has 3 rings (SSSR count). The van der Waals surface area contributed by atoms with Gasteiger partial charge in [-0.2, -0.15) is 0 Å². The van der Waals surface area contributed by atoms with E-state index in [1.165, 1.54) is 24.6 Å². The van der Waals surface area contributed by atoms with E-state index in [1.54, 1.807) is 36.5 Å². The fraction of sp³-hybridized carbons (Fsp3) is 0.312. The summed E-state index contributed by atoms with van der Waals surface area (Å²) in [5, 5.41) is 0. The minimum absolute atomic E-state index is 0.0540. The van der Waals surface area contributed by atoms with E-state index in [9.17, 15) is 8.42 Å². The van der Waals surface area contributed by atoms with Crippen molar-refractivity contribution in [2.45, 2.75) is 23.8 Å². The maximum Gasteiger partial charge on any atom is 0.269 e. The van der Waals surface area contributed by atoms with Crippen LogP contribution in [0.15, 0.2) is 47.5 Å². The molecule has 1 aliphatic rings. The molecule has 0 spiro atoms. The number of methoxy groups -OCH3 is 2. The second-order valence-corrected chi connectivity index (χ2v) is 7.02. The summed E-state index contributed by atoms with van der Waals surface area (Å²) < 4.78 is 38.1. The molecule has 0 aliphatic heterocycles. The van der Waals surface area contributed by atoms with E-state index in [1.807, 2.05) is 0 Å². The standard InChI is InChI=1S/C16H18N2O4S/c1-21-13-8-9-15(14(11-13)22-2)23(19,20)18(12-6-7-12)16-5-3-4-10-17-16/h3-5,8-12H,6-7H2,1-2H3. The number of hydrogen-bond acceptors (Lipinski definition) is 5. The number of anilines is 1. The van der Waals surface area contributed by atoms with Crippen LogP contribution in [-0.4, -0.2) is 33.7 Å². The van der Waals surface area contributed by atoms with E-state index in [0.29, 0.717) is 11.6 Å². The van der Waals surface area contributed by atoms with Gasteiger partial charge in [0, 0.05) is 18.3 Å². The summed E-state index contributed by atoms with van der Waals surface area (Å²) >= 11 is 0. The molecule has 1 fully saturated rings. The van der Waals surface area contributed by atoms with Gasteiger partial charge in [-0.05, 0) is 37.1 Å². The Morgan fingerprint density at radius 2 is 1.91 bits per heavy atom. The first-order chi connectivity index (χ1) is 11.1. The molecular weight excluding hydrogens is 316 g/mol. The zero-order chi connectivity index (χ0) is 16.4. The predicted molar refractivity (Wildman–Crippen MR) is 86.5 cm³/mol. The van der Waals surface area contributed by atoms with E-state index in [0.717, 1.165) is 12.8 Å². The number of ether oxygens (including phenoxy) is 2. The Morgan fingerprint density at radius 1 is 1.13 bits per heavy atom. The van der Waals surface area contributed by atoms with Crippen molar-refractivity contribution < 1.29 is 17.9 Å². The molecule has 1 aromatic heterocycles. The van der Waals surface area contributed by atoms with Crippen molar-refractivity contribution >= 4 is 15.8 Å². The van der Waals surface area contributed by atoms with Gasteiger partial charge >= 0.3 is 0 Å². The van der Waals surface area contributed by atoms with Crippen molar-refractivity contribution in [3.8, 4) is 11.5 Å². The Labute approximate surface area is 135 Å². The van der Waals surface area contributed by atoms with Crippen LogP contribution >= 0.6 is 0 Å². The summed E-state index contributed by atoms with van der Waals surface area (Å²) in [5.74, 6) is 1.22. The average molecular weight is 334 g/mol. The van der Waals surface area contributed by atoms with Crippen LogP contribution in [0.3, 0.4) is 0 Å². The lowest BCUT2D eigenvalue weighted by Crippen LogP contribution is -2.34. The van der Waals surface area contributed by atoms with Crippen LogP contribution in [0.1, 0.15) is 12.8 Å². The minimum atomic E-state index is -3.77. The van der Waals surface area contributed by atoms with E-state index in [2.05, 4.69) is 4.98 Å². The molecule has 0 atom stereocenters. The first-order valence-electron chi connectivity index (χ1n) is 7.25. The Hall–Kier alpha value is -2.28. The Morgan fingerprint density at radius 3 is 2.48 bits per heavy atom. The summed E-state index contributed by atoms with van der Waals surface area (Å²) in [5.41, 5.74) is 0. The van der Waals surface area contributed by atoms with Crippen LogP contribution in [0.4, 0.5) is 5.82 Å². The van der Waals surface area contributed by atoms with E-state index in [4.69, 9.17) is 9.47 Å². The van der Waals surface area contributed by atoms with Crippen LogP contribution < -0.4 is 13.8 Å². The summed E-state index contributed by atoms with van der Waals surface area (Å²) in [6.45, 7) is 0. The first-order valence-corrected chi connectivity index (χ1v) is 8.69. The number of pyridine rings is 1. The molecule has 0 saturated heterocycles. The number of sulfonamides is 1. The quantitative estimate of drug-likeness (QED) is 0.812. The third-order valence-corrected chi connectivity index (χ3v) is 5.56. The van der Waals surface area contributed by atoms with Crippen molar-refractivity contribution in [1.82, 2.24) is 4.98 Å². The Balaban J connectivity index is 2.09. The molecule has 0 bridgehead atoms. The predicted octanol–water partition coefficient (Wildman–Crippen LogP) is 2.46. The lowest BCUT2D eigenvalue weighted by atomic mass is 10.3. The number of nitrogens with zero attached hydrogens (tertiary/aromatic N) is 2. The highest BCUT2D eigenvalue weighted by Crippen LogP contribution is 2.38. The summed E-state index contributed by atoms with van der Waals surface area (Å²) in [6, 6.07) is 9.86. The Bertz CT molecular complexity index is 789. The molecule has 0 N–H and O–H groups in total. The summed E-state index contributed by atoms with van der Waals surface area (Å²) in [6.07, 6.45) is 3.24. The van der Waals surface area contributed by atoms with Crippen LogP contribution in [0.5, 0.6) is 11.5 Å². The summed E-state index contributed by atoms with van der Waals surface area (Å²) in [7, 11) is -0.807. The number of aromatic nitrogens is 1. The van der Waals surface area contributed by atoms with Crippen molar-refractivity contribution in [2.75, 3.05) is 18.5 Å². The van der Waals surface area contributed by atoms with Crippen molar-refractivity contribution in [3.63, 3.8) is 0 Å². The third kappa shape index (κ3) is 2.96. The molecule has 1 aromatic carbocycles. The van der Waals surface area contributed by atoms with E-state index in [-0.39, 0.29) is 16.7 Å². The molecule has 0 amide bonds. The summed E-state index contributed by atoms with van der Waals surface area (Å²) in [4.78, 5) is 4.31. The zero-order valence-corrected chi connectivity index (χ0v) is 13.8. The van der Waals surface area contributed by atoms with Gasteiger partial charge in [0.2, 0.25) is 0 Å². The highest BCUT2D eigenvalue weighted by molar-refractivity contribution is 7.93. The molecular formula is C16H18N2O4S. The van der Waals surface area contributed by atoms with Crippen LogP contribution in [-0.2, 0) is 10.0 Å². The zero-order valence-electron chi connectivity index (χ0n) is 13.0. The van der Waals surface area contributed by atoms with Gasteiger partial charge in [0.1, 0.15) is 22.2 Å². The maximum atomic E-state index is 13.2. The second-order valence-electron chi connectivity index (χ2n) is 5.24. The molecule has 0 unspecified atom stereocenters. The average Bonchev–Trinajstić information content (AvgIpc) is 3.39. The van der Waals surface area contributed by atoms with Gasteiger partial charge in [0.15, 0.2) is 0 Å². The topological polar surface area (TPSA) is 68.7 Å². The van der Waals surface area contributed by atoms with Gasteiger partial charge < -0.3 is 9.47 Å². The lowest BCUT2D eigenvalue weighted by molar-refractivity contribution is 0.386. The molecule has 1 aliphatic carbocycles. The molecule has 23 heavy (non-hydrogen) atoms. The van der Waals surface area contributed by atoms with Gasteiger partial charge in [-0.25, -0.2) is 17.7 Å². The number of hydrogen-bond donors (Lipinski definition) is 0. The highest BCUT2D eigenvalue weighted by Gasteiger charge is 2.40. The van der Waals surface area contributed by atoms with E-state index >= 15 is 0 Å². The molecule has 122 valence electrons. The molecule has 1 heterocycles. The number of rotatable bonds is 6. The van der Waals surface area contributed by atoms with Crippen molar-refractivity contribution in [1.29, 1.82) is 0 Å². The molecule has 2 aromatic rings. The van der Waals surface area contributed by atoms with Gasteiger partial charge in [-0.1, -0.05) is 6.07 Å². The van der Waals surface area contributed by atoms with Crippen molar-refractivity contribution in [2.24, 2.45) is 0 Å². The maximum absolute atomic E-state index is 13.2. The highest BCUT2D eigenvalue weighted by atomic mass is 32.2.